The van der Waals surface area contributed by atoms with Crippen LogP contribution in [0.5, 0.6) is 0 Å². The highest BCUT2D eigenvalue weighted by Gasteiger charge is 2.32. The summed E-state index contributed by atoms with van der Waals surface area (Å²) in [7, 11) is 0. The van der Waals surface area contributed by atoms with Gasteiger partial charge in [0, 0.05) is 22.2 Å². The van der Waals surface area contributed by atoms with Crippen molar-refractivity contribution in [2.75, 3.05) is 11.4 Å². The van der Waals surface area contributed by atoms with Crippen molar-refractivity contribution < 1.29 is 13.2 Å². The molecule has 6 heteroatoms. The molecule has 0 bridgehead atoms. The Morgan fingerprint density at radius 2 is 1.85 bits per heavy atom. The van der Waals surface area contributed by atoms with Crippen LogP contribution in [0.15, 0.2) is 22.7 Å². The van der Waals surface area contributed by atoms with E-state index in [1.807, 2.05) is 13.0 Å². The van der Waals surface area contributed by atoms with Crippen LogP contribution in [0.2, 0.25) is 0 Å². The van der Waals surface area contributed by atoms with Crippen molar-refractivity contribution in [1.82, 2.24) is 0 Å². The number of nitrogens with two attached hydrogens (primary N) is 1. The van der Waals surface area contributed by atoms with Crippen LogP contribution in [0.4, 0.5) is 18.9 Å². The van der Waals surface area contributed by atoms with Crippen molar-refractivity contribution in [3.8, 4) is 0 Å². The lowest BCUT2D eigenvalue weighted by Gasteiger charge is -2.30. The molecule has 2 nitrogen and oxygen atoms in total. The zero-order valence-electron chi connectivity index (χ0n) is 11.8. The Bertz CT molecular complexity index is 445. The molecule has 0 aliphatic heterocycles. The second kappa shape index (κ2) is 6.80. The molecule has 1 aromatic carbocycles. The lowest BCUT2D eigenvalue weighted by Crippen LogP contribution is -2.39. The van der Waals surface area contributed by atoms with Gasteiger partial charge in [0.25, 0.3) is 0 Å². The van der Waals surface area contributed by atoms with Crippen molar-refractivity contribution >= 4 is 21.6 Å². The number of hydrogen-bond acceptors (Lipinski definition) is 2. The minimum Gasteiger partial charge on any atom is -0.360 e. The second-order valence-corrected chi connectivity index (χ2v) is 6.15. The predicted molar refractivity (Wildman–Crippen MR) is 80.0 cm³/mol. The molecule has 114 valence electrons. The summed E-state index contributed by atoms with van der Waals surface area (Å²) >= 11 is 3.41. The maximum absolute atomic E-state index is 12.6. The van der Waals surface area contributed by atoms with Crippen LogP contribution in [0, 0.1) is 0 Å². The Morgan fingerprint density at radius 1 is 1.25 bits per heavy atom. The Kier molecular flexibility index (Phi) is 5.89. The Hall–Kier alpha value is -0.750. The van der Waals surface area contributed by atoms with E-state index in [9.17, 15) is 13.2 Å². The second-order valence-electron chi connectivity index (χ2n) is 5.29. The van der Waals surface area contributed by atoms with Gasteiger partial charge >= 0.3 is 6.18 Å². The van der Waals surface area contributed by atoms with Gasteiger partial charge in [-0.15, -0.1) is 0 Å². The normalized spacial score (nSPS) is 13.7. The first-order valence-electron chi connectivity index (χ1n) is 6.47. The highest BCUT2D eigenvalue weighted by Crippen LogP contribution is 2.29. The summed E-state index contributed by atoms with van der Waals surface area (Å²) < 4.78 is 38.7. The smallest absolute Gasteiger partial charge is 0.360 e. The third-order valence-electron chi connectivity index (χ3n) is 2.88. The van der Waals surface area contributed by atoms with Gasteiger partial charge in [-0.25, -0.2) is 0 Å². The fraction of sp³-hybridized carbons (Fsp3) is 0.571. The summed E-state index contributed by atoms with van der Waals surface area (Å²) in [6.07, 6.45) is -3.54. The summed E-state index contributed by atoms with van der Waals surface area (Å²) in [6.45, 7) is 4.43. The molecule has 1 aromatic rings. The molecule has 20 heavy (non-hydrogen) atoms. The van der Waals surface area contributed by atoms with Crippen LogP contribution in [0.3, 0.4) is 0 Å². The Labute approximate surface area is 126 Å². The number of halogens is 4. The monoisotopic (exact) mass is 352 g/mol. The standard InChI is InChI=1S/C14H20BrF3N2/c1-9(2)20(8-14(16,17)18)12-5-4-11(6-10(3)19)13(15)7-12/h4-5,7,9-10H,6,8,19H2,1-3H3. The first-order chi connectivity index (χ1) is 9.10. The number of anilines is 1. The van der Waals surface area contributed by atoms with Crippen molar-refractivity contribution in [1.29, 1.82) is 0 Å². The van der Waals surface area contributed by atoms with Gasteiger partial charge in [-0.05, 0) is 44.9 Å². The third kappa shape index (κ3) is 5.32. The van der Waals surface area contributed by atoms with E-state index < -0.39 is 12.7 Å². The van der Waals surface area contributed by atoms with Crippen LogP contribution >= 0.6 is 15.9 Å². The Balaban J connectivity index is 3.01. The molecule has 0 amide bonds. The van der Waals surface area contributed by atoms with Gasteiger partial charge in [-0.3, -0.25) is 0 Å². The molecule has 0 aliphatic rings. The highest BCUT2D eigenvalue weighted by atomic mass is 79.9. The van der Waals surface area contributed by atoms with Crippen molar-refractivity contribution in [2.45, 2.75) is 45.5 Å². The van der Waals surface area contributed by atoms with Crippen LogP contribution < -0.4 is 10.6 Å². The molecule has 1 rings (SSSR count). The molecule has 0 aromatic heterocycles. The molecule has 1 unspecified atom stereocenters. The highest BCUT2D eigenvalue weighted by molar-refractivity contribution is 9.10. The first-order valence-corrected chi connectivity index (χ1v) is 7.27. The van der Waals surface area contributed by atoms with Crippen molar-refractivity contribution in [3.05, 3.63) is 28.2 Å². The third-order valence-corrected chi connectivity index (χ3v) is 3.62. The lowest BCUT2D eigenvalue weighted by molar-refractivity contribution is -0.120. The molecule has 0 aliphatic carbocycles. The summed E-state index contributed by atoms with van der Waals surface area (Å²) in [6, 6.07) is 5.04. The summed E-state index contributed by atoms with van der Waals surface area (Å²) in [5.41, 5.74) is 7.30. The van der Waals surface area contributed by atoms with Crippen LogP contribution in [-0.2, 0) is 6.42 Å². The van der Waals surface area contributed by atoms with Gasteiger partial charge in [-0.1, -0.05) is 22.0 Å². The largest absolute Gasteiger partial charge is 0.405 e. The number of rotatable bonds is 5. The average molecular weight is 353 g/mol. The van der Waals surface area contributed by atoms with Crippen LogP contribution in [0.25, 0.3) is 0 Å². The minimum atomic E-state index is -4.22. The van der Waals surface area contributed by atoms with E-state index in [1.165, 1.54) is 4.90 Å². The molecule has 1 atom stereocenters. The zero-order valence-corrected chi connectivity index (χ0v) is 13.4. The van der Waals surface area contributed by atoms with E-state index in [0.717, 1.165) is 10.0 Å². The number of nitrogens with zero attached hydrogens (tertiary/aromatic N) is 1. The molecule has 0 saturated carbocycles. The summed E-state index contributed by atoms with van der Waals surface area (Å²) in [5, 5.41) is 0. The fourth-order valence-corrected chi connectivity index (χ4v) is 2.52. The van der Waals surface area contributed by atoms with E-state index in [2.05, 4.69) is 15.9 Å². The van der Waals surface area contributed by atoms with Crippen molar-refractivity contribution in [2.24, 2.45) is 5.73 Å². The molecule has 0 spiro atoms. The molecule has 0 radical (unpaired) electrons. The first kappa shape index (κ1) is 17.3. The van der Waals surface area contributed by atoms with E-state index in [-0.39, 0.29) is 12.1 Å². The number of hydrogen-bond donors (Lipinski definition) is 1. The van der Waals surface area contributed by atoms with E-state index in [1.54, 1.807) is 26.0 Å². The molecule has 0 heterocycles. The van der Waals surface area contributed by atoms with Gasteiger partial charge in [0.1, 0.15) is 6.54 Å². The minimum absolute atomic E-state index is 0.00790. The molecule has 0 fully saturated rings. The summed E-state index contributed by atoms with van der Waals surface area (Å²) in [4.78, 5) is 1.33. The number of alkyl halides is 3. The number of benzene rings is 1. The lowest BCUT2D eigenvalue weighted by atomic mass is 10.1. The maximum Gasteiger partial charge on any atom is 0.405 e. The van der Waals surface area contributed by atoms with Crippen LogP contribution in [0.1, 0.15) is 26.3 Å². The van der Waals surface area contributed by atoms with Gasteiger partial charge < -0.3 is 10.6 Å². The average Bonchev–Trinajstić information content (AvgIpc) is 2.27. The zero-order chi connectivity index (χ0) is 15.5. The van der Waals surface area contributed by atoms with E-state index in [0.29, 0.717) is 12.1 Å². The maximum atomic E-state index is 12.6. The van der Waals surface area contributed by atoms with Gasteiger partial charge in [0.2, 0.25) is 0 Å². The van der Waals surface area contributed by atoms with Gasteiger partial charge in [0.15, 0.2) is 0 Å². The molecular weight excluding hydrogens is 333 g/mol. The molecule has 0 saturated heterocycles. The Morgan fingerprint density at radius 3 is 2.25 bits per heavy atom. The predicted octanol–water partition coefficient (Wildman–Crippen LogP) is 4.12. The fourth-order valence-electron chi connectivity index (χ4n) is 1.99. The molecular formula is C14H20BrF3N2. The van der Waals surface area contributed by atoms with Gasteiger partial charge in [-0.2, -0.15) is 13.2 Å². The van der Waals surface area contributed by atoms with Gasteiger partial charge in [0.05, 0.1) is 0 Å². The molecule has 2 N–H and O–H groups in total. The summed E-state index contributed by atoms with van der Waals surface area (Å²) in [5.74, 6) is 0. The van der Waals surface area contributed by atoms with E-state index >= 15 is 0 Å². The van der Waals surface area contributed by atoms with Crippen molar-refractivity contribution in [3.63, 3.8) is 0 Å². The van der Waals surface area contributed by atoms with Crippen LogP contribution in [-0.4, -0.2) is 24.8 Å². The SMILES string of the molecule is CC(N)Cc1ccc(N(CC(F)(F)F)C(C)C)cc1Br. The van der Waals surface area contributed by atoms with E-state index in [4.69, 9.17) is 5.73 Å². The topological polar surface area (TPSA) is 29.3 Å². The quantitative estimate of drug-likeness (QED) is 0.863.